The van der Waals surface area contributed by atoms with Crippen LogP contribution in [0.1, 0.15) is 11.1 Å². The third-order valence-electron chi connectivity index (χ3n) is 3.67. The van der Waals surface area contributed by atoms with Gasteiger partial charge in [0.15, 0.2) is 0 Å². The summed E-state index contributed by atoms with van der Waals surface area (Å²) in [5.74, 6) is -0.118. The van der Waals surface area contributed by atoms with Crippen LogP contribution in [0.3, 0.4) is 0 Å². The molecular formula is C18H23N3O4S. The van der Waals surface area contributed by atoms with E-state index in [0.717, 1.165) is 11.1 Å². The Morgan fingerprint density at radius 1 is 1.04 bits per heavy atom. The van der Waals surface area contributed by atoms with Gasteiger partial charge in [0.1, 0.15) is 0 Å². The van der Waals surface area contributed by atoms with Gasteiger partial charge in [0, 0.05) is 25.9 Å². The van der Waals surface area contributed by atoms with Crippen molar-refractivity contribution in [2.45, 2.75) is 17.9 Å². The maximum Gasteiger partial charge on any atom is 0.240 e. The van der Waals surface area contributed by atoms with Crippen molar-refractivity contribution in [1.82, 2.24) is 10.0 Å². The summed E-state index contributed by atoms with van der Waals surface area (Å²) in [4.78, 5) is 12.2. The number of nitrogens with two attached hydrogens (primary N) is 1. The predicted octanol–water partition coefficient (Wildman–Crippen LogP) is 1.05. The topological polar surface area (TPSA) is 111 Å². The summed E-state index contributed by atoms with van der Waals surface area (Å²) in [5.41, 5.74) is 7.96. The van der Waals surface area contributed by atoms with Gasteiger partial charge in [-0.1, -0.05) is 24.3 Å². The number of carbonyl (C=O) groups is 1. The smallest absolute Gasteiger partial charge is 0.240 e. The molecule has 4 N–H and O–H groups in total. The molecule has 0 saturated carbocycles. The largest absolute Gasteiger partial charge is 0.399 e. The second kappa shape index (κ2) is 9.33. The number of amides is 1. The lowest BCUT2D eigenvalue weighted by Gasteiger charge is -2.08. The van der Waals surface area contributed by atoms with E-state index in [2.05, 4.69) is 10.0 Å². The Balaban J connectivity index is 1.86. The number of hydrogen-bond donors (Lipinski definition) is 3. The zero-order chi connectivity index (χ0) is 19.0. The number of carbonyl (C=O) groups excluding carboxylic acids is 1. The van der Waals surface area contributed by atoms with E-state index < -0.39 is 10.0 Å². The first-order valence-electron chi connectivity index (χ1n) is 8.09. The van der Waals surface area contributed by atoms with Gasteiger partial charge < -0.3 is 15.8 Å². The van der Waals surface area contributed by atoms with Crippen molar-refractivity contribution in [2.24, 2.45) is 0 Å². The van der Waals surface area contributed by atoms with Crippen LogP contribution < -0.4 is 15.8 Å². The number of ether oxygens (including phenoxy) is 1. The average molecular weight is 377 g/mol. The van der Waals surface area contributed by atoms with Gasteiger partial charge in [-0.25, -0.2) is 13.1 Å². The Bertz CT molecular complexity index is 819. The summed E-state index contributed by atoms with van der Waals surface area (Å²) >= 11 is 0. The minimum absolute atomic E-state index is 0.118. The van der Waals surface area contributed by atoms with Crippen molar-refractivity contribution in [2.75, 3.05) is 26.0 Å². The molecular weight excluding hydrogens is 354 g/mol. The van der Waals surface area contributed by atoms with Gasteiger partial charge in [-0.2, -0.15) is 0 Å². The van der Waals surface area contributed by atoms with E-state index >= 15 is 0 Å². The zero-order valence-electron chi connectivity index (χ0n) is 14.6. The SMILES string of the molecule is COCCNS(=O)(=O)c1ccc(CNC(=O)Cc2ccc(N)cc2)cc1. The Labute approximate surface area is 153 Å². The molecule has 0 heterocycles. The van der Waals surface area contributed by atoms with E-state index in [1.807, 2.05) is 12.1 Å². The monoisotopic (exact) mass is 377 g/mol. The molecule has 0 bridgehead atoms. The average Bonchev–Trinajstić information content (AvgIpc) is 2.62. The predicted molar refractivity (Wildman–Crippen MR) is 99.9 cm³/mol. The number of nitrogen functional groups attached to an aromatic ring is 1. The van der Waals surface area contributed by atoms with E-state index in [1.54, 1.807) is 24.3 Å². The first-order chi connectivity index (χ1) is 12.4. The molecule has 2 aromatic rings. The minimum atomic E-state index is -3.55. The van der Waals surface area contributed by atoms with Crippen molar-refractivity contribution in [1.29, 1.82) is 0 Å². The molecule has 0 fully saturated rings. The number of rotatable bonds is 9. The standard InChI is InChI=1S/C18H23N3O4S/c1-25-11-10-21-26(23,24)17-8-4-15(5-9-17)13-20-18(22)12-14-2-6-16(19)7-3-14/h2-9,21H,10-13,19H2,1H3,(H,20,22). The first-order valence-corrected chi connectivity index (χ1v) is 9.57. The van der Waals surface area contributed by atoms with Crippen LogP contribution in [-0.4, -0.2) is 34.6 Å². The van der Waals surface area contributed by atoms with Crippen molar-refractivity contribution in [3.05, 3.63) is 59.7 Å². The Morgan fingerprint density at radius 3 is 2.27 bits per heavy atom. The maximum atomic E-state index is 12.1. The molecule has 0 unspecified atom stereocenters. The Morgan fingerprint density at radius 2 is 1.65 bits per heavy atom. The van der Waals surface area contributed by atoms with Crippen molar-refractivity contribution in [3.8, 4) is 0 Å². The lowest BCUT2D eigenvalue weighted by Crippen LogP contribution is -2.27. The molecule has 0 saturated heterocycles. The highest BCUT2D eigenvalue weighted by Gasteiger charge is 2.13. The molecule has 0 aromatic heterocycles. The van der Waals surface area contributed by atoms with Crippen LogP contribution in [0.15, 0.2) is 53.4 Å². The maximum absolute atomic E-state index is 12.1. The fraction of sp³-hybridized carbons (Fsp3) is 0.278. The van der Waals surface area contributed by atoms with Crippen LogP contribution >= 0.6 is 0 Å². The quantitative estimate of drug-likeness (QED) is 0.447. The summed E-state index contributed by atoms with van der Waals surface area (Å²) in [6.07, 6.45) is 0.260. The molecule has 0 aliphatic carbocycles. The van der Waals surface area contributed by atoms with E-state index in [9.17, 15) is 13.2 Å². The number of hydrogen-bond acceptors (Lipinski definition) is 5. The molecule has 0 radical (unpaired) electrons. The molecule has 7 nitrogen and oxygen atoms in total. The van der Waals surface area contributed by atoms with Gasteiger partial charge in [-0.3, -0.25) is 4.79 Å². The Kier molecular flexibility index (Phi) is 7.14. The molecule has 0 aliphatic rings. The first kappa shape index (κ1) is 19.9. The highest BCUT2D eigenvalue weighted by atomic mass is 32.2. The second-order valence-corrected chi connectivity index (χ2v) is 7.50. The molecule has 1 amide bonds. The fourth-order valence-corrected chi connectivity index (χ4v) is 3.25. The Hall–Kier alpha value is -2.42. The highest BCUT2D eigenvalue weighted by Crippen LogP contribution is 2.11. The van der Waals surface area contributed by atoms with Crippen LogP contribution in [0.2, 0.25) is 0 Å². The van der Waals surface area contributed by atoms with Crippen LogP contribution in [-0.2, 0) is 32.5 Å². The summed E-state index contributed by atoms with van der Waals surface area (Å²) < 4.78 is 31.4. The summed E-state index contributed by atoms with van der Waals surface area (Å²) in [6, 6.07) is 13.5. The van der Waals surface area contributed by atoms with E-state index in [1.165, 1.54) is 19.2 Å². The van der Waals surface area contributed by atoms with Crippen LogP contribution in [0.25, 0.3) is 0 Å². The van der Waals surface area contributed by atoms with E-state index in [0.29, 0.717) is 18.8 Å². The highest BCUT2D eigenvalue weighted by molar-refractivity contribution is 7.89. The molecule has 0 atom stereocenters. The van der Waals surface area contributed by atoms with Crippen molar-refractivity contribution >= 4 is 21.6 Å². The third kappa shape index (κ3) is 6.14. The van der Waals surface area contributed by atoms with E-state index in [4.69, 9.17) is 10.5 Å². The minimum Gasteiger partial charge on any atom is -0.399 e. The van der Waals surface area contributed by atoms with Crippen LogP contribution in [0.4, 0.5) is 5.69 Å². The summed E-state index contributed by atoms with van der Waals surface area (Å²) in [6.45, 7) is 0.838. The number of methoxy groups -OCH3 is 1. The molecule has 26 heavy (non-hydrogen) atoms. The number of nitrogens with one attached hydrogen (secondary N) is 2. The van der Waals surface area contributed by atoms with Crippen LogP contribution in [0.5, 0.6) is 0 Å². The molecule has 2 rings (SSSR count). The van der Waals surface area contributed by atoms with Gasteiger partial charge in [0.2, 0.25) is 15.9 Å². The van der Waals surface area contributed by atoms with Crippen molar-refractivity contribution < 1.29 is 17.9 Å². The fourth-order valence-electron chi connectivity index (χ4n) is 2.23. The normalized spacial score (nSPS) is 11.3. The molecule has 2 aromatic carbocycles. The van der Waals surface area contributed by atoms with Gasteiger partial charge >= 0.3 is 0 Å². The van der Waals surface area contributed by atoms with E-state index in [-0.39, 0.29) is 23.8 Å². The molecule has 0 spiro atoms. The lowest BCUT2D eigenvalue weighted by atomic mass is 10.1. The third-order valence-corrected chi connectivity index (χ3v) is 5.14. The molecule has 140 valence electrons. The summed E-state index contributed by atoms with van der Waals surface area (Å²) in [7, 11) is -2.05. The van der Waals surface area contributed by atoms with Gasteiger partial charge in [-0.05, 0) is 35.4 Å². The molecule has 8 heteroatoms. The number of sulfonamides is 1. The number of anilines is 1. The van der Waals surface area contributed by atoms with Crippen LogP contribution in [0, 0.1) is 0 Å². The zero-order valence-corrected chi connectivity index (χ0v) is 15.4. The van der Waals surface area contributed by atoms with Gasteiger partial charge in [0.25, 0.3) is 0 Å². The molecule has 0 aliphatic heterocycles. The summed E-state index contributed by atoms with van der Waals surface area (Å²) in [5, 5.41) is 2.81. The van der Waals surface area contributed by atoms with Gasteiger partial charge in [0.05, 0.1) is 17.9 Å². The van der Waals surface area contributed by atoms with Crippen molar-refractivity contribution in [3.63, 3.8) is 0 Å². The number of benzene rings is 2. The lowest BCUT2D eigenvalue weighted by molar-refractivity contribution is -0.120. The second-order valence-electron chi connectivity index (χ2n) is 5.73. The van der Waals surface area contributed by atoms with Gasteiger partial charge in [-0.15, -0.1) is 0 Å².